The third kappa shape index (κ3) is 6.34. The van der Waals surface area contributed by atoms with Gasteiger partial charge in [-0.2, -0.15) is 0 Å². The van der Waals surface area contributed by atoms with Gasteiger partial charge in [0, 0.05) is 49.9 Å². The molecule has 0 bridgehead atoms. The van der Waals surface area contributed by atoms with E-state index in [9.17, 15) is 0 Å². The first-order valence-electron chi connectivity index (χ1n) is 23.6. The van der Waals surface area contributed by atoms with Crippen molar-refractivity contribution in [2.24, 2.45) is 0 Å². The van der Waals surface area contributed by atoms with E-state index in [1.54, 1.807) is 0 Å². The summed E-state index contributed by atoms with van der Waals surface area (Å²) < 4.78 is 7.26. The Morgan fingerprint density at radius 2 is 0.507 bits per heavy atom. The fourth-order valence-corrected chi connectivity index (χ4v) is 10.9. The molecule has 0 radical (unpaired) electrons. The van der Waals surface area contributed by atoms with E-state index in [-0.39, 0.29) is 0 Å². The number of hydrogen-bond donors (Lipinski definition) is 0. The smallest absolute Gasteiger partial charge is 0.0645 e. The molecule has 4 heterocycles. The summed E-state index contributed by atoms with van der Waals surface area (Å²) in [5.74, 6) is 0. The van der Waals surface area contributed by atoms with E-state index in [4.69, 9.17) is 0 Å². The topological polar surface area (TPSA) is 27.7 Å². The van der Waals surface area contributed by atoms with Crippen molar-refractivity contribution in [3.8, 4) is 61.6 Å². The maximum atomic E-state index is 4.59. The normalized spacial score (nSPS) is 11.8. The fourth-order valence-electron chi connectivity index (χ4n) is 10.9. The number of benzene rings is 10. The van der Waals surface area contributed by atoms with Gasteiger partial charge >= 0.3 is 0 Å². The Bertz CT molecular complexity index is 3810. The molecule has 0 amide bonds. The maximum absolute atomic E-state index is 4.59. The molecule has 0 saturated carbocycles. The lowest BCUT2D eigenvalue weighted by Crippen LogP contribution is -1.96. The van der Waals surface area contributed by atoms with Gasteiger partial charge in [-0.3, -0.25) is 4.98 Å². The van der Waals surface area contributed by atoms with Crippen LogP contribution in [0.2, 0.25) is 0 Å². The molecule has 14 rings (SSSR count). The SMILES string of the molecule is c1ccc(-c2ccc3c(c2)c2cc(-c4ccccc4)ccc2n3-c2ccc3c(c2)c2cc(-n4c5ccc(-c6ccccc6)cc5c5cc(-c6ccccc6)ccc54)ccc2n3-c2cccnc2)cc1. The van der Waals surface area contributed by atoms with Crippen LogP contribution in [0.15, 0.2) is 255 Å². The molecule has 0 aliphatic carbocycles. The van der Waals surface area contributed by atoms with Gasteiger partial charge in [-0.15, -0.1) is 0 Å². The fraction of sp³-hybridized carbons (Fsp3) is 0. The van der Waals surface area contributed by atoms with Crippen LogP contribution in [-0.4, -0.2) is 18.7 Å². The lowest BCUT2D eigenvalue weighted by atomic mass is 10.0. The lowest BCUT2D eigenvalue weighted by molar-refractivity contribution is 1.13. The molecule has 0 saturated heterocycles. The van der Waals surface area contributed by atoms with Crippen LogP contribution in [0.1, 0.15) is 0 Å². The predicted molar refractivity (Wildman–Crippen MR) is 289 cm³/mol. The van der Waals surface area contributed by atoms with Crippen LogP contribution in [0.4, 0.5) is 0 Å². The Morgan fingerprint density at radius 3 is 0.812 bits per heavy atom. The molecular formula is C65H42N4. The van der Waals surface area contributed by atoms with E-state index < -0.39 is 0 Å². The van der Waals surface area contributed by atoms with Crippen molar-refractivity contribution < 1.29 is 0 Å². The first-order valence-corrected chi connectivity index (χ1v) is 23.6. The minimum atomic E-state index is 1.02. The molecule has 0 atom stereocenters. The van der Waals surface area contributed by atoms with E-state index in [0.717, 1.165) is 28.1 Å². The number of fused-ring (bicyclic) bond motifs is 9. The second-order valence-electron chi connectivity index (χ2n) is 18.0. The van der Waals surface area contributed by atoms with Gasteiger partial charge in [-0.05, 0) is 142 Å². The number of hydrogen-bond acceptors (Lipinski definition) is 1. The van der Waals surface area contributed by atoms with E-state index >= 15 is 0 Å². The van der Waals surface area contributed by atoms with Gasteiger partial charge in [0.2, 0.25) is 0 Å². The molecule has 0 spiro atoms. The first kappa shape index (κ1) is 39.0. The monoisotopic (exact) mass is 878 g/mol. The summed E-state index contributed by atoms with van der Waals surface area (Å²) in [5, 5.41) is 7.23. The summed E-state index contributed by atoms with van der Waals surface area (Å²) in [5.41, 5.74) is 19.8. The van der Waals surface area contributed by atoms with Crippen molar-refractivity contribution in [3.05, 3.63) is 255 Å². The predicted octanol–water partition coefficient (Wildman–Crippen LogP) is 17.0. The van der Waals surface area contributed by atoms with Crippen molar-refractivity contribution in [1.29, 1.82) is 0 Å². The molecule has 0 N–H and O–H groups in total. The number of nitrogens with zero attached hydrogens (tertiary/aromatic N) is 4. The van der Waals surface area contributed by atoms with Crippen molar-refractivity contribution in [2.75, 3.05) is 0 Å². The minimum absolute atomic E-state index is 1.02. The maximum Gasteiger partial charge on any atom is 0.0645 e. The Balaban J connectivity index is 1.01. The Kier molecular flexibility index (Phi) is 8.86. The quantitative estimate of drug-likeness (QED) is 0.157. The van der Waals surface area contributed by atoms with Gasteiger partial charge in [-0.25, -0.2) is 0 Å². The molecule has 4 nitrogen and oxygen atoms in total. The van der Waals surface area contributed by atoms with Crippen LogP contribution in [0.3, 0.4) is 0 Å². The average molecular weight is 879 g/mol. The van der Waals surface area contributed by atoms with E-state index in [0.29, 0.717) is 0 Å². The molecule has 4 heteroatoms. The summed E-state index contributed by atoms with van der Waals surface area (Å²) in [7, 11) is 0. The summed E-state index contributed by atoms with van der Waals surface area (Å²) in [6, 6.07) is 88.7. The van der Waals surface area contributed by atoms with Crippen molar-refractivity contribution in [2.45, 2.75) is 0 Å². The van der Waals surface area contributed by atoms with Crippen LogP contribution < -0.4 is 0 Å². The lowest BCUT2D eigenvalue weighted by Gasteiger charge is -2.11. The zero-order chi connectivity index (χ0) is 45.4. The highest BCUT2D eigenvalue weighted by Crippen LogP contribution is 2.42. The molecule has 0 aliphatic heterocycles. The summed E-state index contributed by atoms with van der Waals surface area (Å²) in [6.07, 6.45) is 3.81. The molecular weight excluding hydrogens is 837 g/mol. The van der Waals surface area contributed by atoms with Gasteiger partial charge in [0.15, 0.2) is 0 Å². The molecule has 0 fully saturated rings. The third-order valence-electron chi connectivity index (χ3n) is 14.1. The van der Waals surface area contributed by atoms with E-state index in [2.05, 4.69) is 255 Å². The van der Waals surface area contributed by atoms with Crippen LogP contribution in [0.5, 0.6) is 0 Å². The summed E-state index contributed by atoms with van der Waals surface area (Å²) in [4.78, 5) is 4.59. The summed E-state index contributed by atoms with van der Waals surface area (Å²) >= 11 is 0. The Labute approximate surface area is 398 Å². The van der Waals surface area contributed by atoms with E-state index in [1.807, 2.05) is 18.5 Å². The second-order valence-corrected chi connectivity index (χ2v) is 18.0. The van der Waals surface area contributed by atoms with Crippen molar-refractivity contribution in [3.63, 3.8) is 0 Å². The van der Waals surface area contributed by atoms with Crippen LogP contribution in [0, 0.1) is 0 Å². The van der Waals surface area contributed by atoms with E-state index in [1.165, 1.54) is 98.9 Å². The minimum Gasteiger partial charge on any atom is -0.309 e. The molecule has 10 aromatic carbocycles. The van der Waals surface area contributed by atoms with Gasteiger partial charge in [0.1, 0.15) is 0 Å². The molecule has 322 valence electrons. The van der Waals surface area contributed by atoms with Crippen LogP contribution in [-0.2, 0) is 0 Å². The first-order chi connectivity index (χ1) is 34.2. The van der Waals surface area contributed by atoms with Gasteiger partial charge in [0.05, 0.1) is 45.0 Å². The molecule has 0 unspecified atom stereocenters. The van der Waals surface area contributed by atoms with Gasteiger partial charge < -0.3 is 13.7 Å². The molecule has 69 heavy (non-hydrogen) atoms. The third-order valence-corrected chi connectivity index (χ3v) is 14.1. The summed E-state index contributed by atoms with van der Waals surface area (Å²) in [6.45, 7) is 0. The molecule has 14 aromatic rings. The van der Waals surface area contributed by atoms with Crippen LogP contribution in [0.25, 0.3) is 127 Å². The number of rotatable bonds is 7. The standard InChI is InChI=1S/C65H42N4/c1-5-14-43(15-6-1)47-23-29-60-54(36-47)55-37-48(44-16-7-2-8-17-44)24-30-61(55)67(60)51-27-33-64-58(40-51)59-41-52(28-34-65(59)69(64)53-22-13-35-66-42-53)68-62-31-25-49(45-18-9-3-10-19-45)38-56(62)57-39-50(26-32-63(57)68)46-20-11-4-12-21-46/h1-42H. The highest BCUT2D eigenvalue weighted by Gasteiger charge is 2.21. The zero-order valence-electron chi connectivity index (χ0n) is 37.5. The highest BCUT2D eigenvalue weighted by atomic mass is 15.0. The van der Waals surface area contributed by atoms with Crippen molar-refractivity contribution in [1.82, 2.24) is 18.7 Å². The number of aromatic nitrogens is 4. The average Bonchev–Trinajstić information content (AvgIpc) is 4.06. The molecule has 4 aromatic heterocycles. The van der Waals surface area contributed by atoms with Crippen molar-refractivity contribution >= 4 is 65.4 Å². The molecule has 0 aliphatic rings. The highest BCUT2D eigenvalue weighted by molar-refractivity contribution is 6.15. The van der Waals surface area contributed by atoms with Crippen LogP contribution >= 0.6 is 0 Å². The Morgan fingerprint density at radius 1 is 0.217 bits per heavy atom. The second kappa shape index (κ2) is 15.7. The zero-order valence-corrected chi connectivity index (χ0v) is 37.5. The number of pyridine rings is 1. The van der Waals surface area contributed by atoms with Gasteiger partial charge in [-0.1, -0.05) is 146 Å². The largest absolute Gasteiger partial charge is 0.309 e. The Hall–Kier alpha value is -9.25. The van der Waals surface area contributed by atoms with Gasteiger partial charge in [0.25, 0.3) is 0 Å².